The van der Waals surface area contributed by atoms with Gasteiger partial charge >= 0.3 is 0 Å². The second kappa shape index (κ2) is 6.44. The zero-order valence-corrected chi connectivity index (χ0v) is 9.52. The van der Waals surface area contributed by atoms with Crippen LogP contribution in [0.3, 0.4) is 0 Å². The normalized spacial score (nSPS) is 14.1. The first kappa shape index (κ1) is 10.7. The van der Waals surface area contributed by atoms with E-state index in [0.29, 0.717) is 0 Å². The van der Waals surface area contributed by atoms with Crippen LogP contribution in [0.4, 0.5) is 0 Å². The molecule has 0 amide bonds. The van der Waals surface area contributed by atoms with Crippen molar-refractivity contribution in [2.24, 2.45) is 5.92 Å². The van der Waals surface area contributed by atoms with Crippen molar-refractivity contribution in [3.05, 3.63) is 0 Å². The van der Waals surface area contributed by atoms with Crippen molar-refractivity contribution >= 4 is 22.6 Å². The minimum absolute atomic E-state index is 0.859. The molecule has 0 N–H and O–H groups in total. The van der Waals surface area contributed by atoms with Gasteiger partial charge in [0.2, 0.25) is 0 Å². The van der Waals surface area contributed by atoms with Gasteiger partial charge in [0.05, 0.1) is 0 Å². The summed E-state index contributed by atoms with van der Waals surface area (Å²) in [5.41, 5.74) is 0. The Morgan fingerprint density at radius 2 is 1.50 bits per heavy atom. The fourth-order valence-electron chi connectivity index (χ4n) is 1.35. The van der Waals surface area contributed by atoms with E-state index < -0.39 is 0 Å². The Bertz CT molecular complexity index is 63.1. The van der Waals surface area contributed by atoms with E-state index in [0.717, 1.165) is 9.84 Å². The van der Waals surface area contributed by atoms with Crippen molar-refractivity contribution < 1.29 is 0 Å². The zero-order valence-electron chi connectivity index (χ0n) is 7.36. The molecule has 1 atom stereocenters. The standard InChI is InChI=1S/C9H19I/c1-4-6-9(7-5-2)8(3)10/h8-9H,4-7H2,1-3H3. The van der Waals surface area contributed by atoms with Gasteiger partial charge in [-0.2, -0.15) is 0 Å². The van der Waals surface area contributed by atoms with Crippen LogP contribution in [0.1, 0.15) is 46.5 Å². The maximum Gasteiger partial charge on any atom is 0.0110 e. The van der Waals surface area contributed by atoms with Gasteiger partial charge in [0.15, 0.2) is 0 Å². The fourth-order valence-corrected chi connectivity index (χ4v) is 2.06. The molecule has 0 rings (SSSR count). The zero-order chi connectivity index (χ0) is 7.98. The van der Waals surface area contributed by atoms with Crippen LogP contribution >= 0.6 is 22.6 Å². The van der Waals surface area contributed by atoms with Crippen LogP contribution < -0.4 is 0 Å². The Kier molecular flexibility index (Phi) is 6.91. The quantitative estimate of drug-likeness (QED) is 0.513. The lowest BCUT2D eigenvalue weighted by molar-refractivity contribution is 0.447. The van der Waals surface area contributed by atoms with Gasteiger partial charge in [-0.3, -0.25) is 0 Å². The molecule has 0 aromatic carbocycles. The van der Waals surface area contributed by atoms with Crippen molar-refractivity contribution in [3.63, 3.8) is 0 Å². The summed E-state index contributed by atoms with van der Waals surface area (Å²) in [6.45, 7) is 6.89. The Hall–Kier alpha value is 0.730. The second-order valence-electron chi connectivity index (χ2n) is 3.01. The van der Waals surface area contributed by atoms with E-state index >= 15 is 0 Å². The van der Waals surface area contributed by atoms with Gasteiger partial charge in [-0.15, -0.1) is 0 Å². The van der Waals surface area contributed by atoms with E-state index in [1.54, 1.807) is 0 Å². The molecule has 0 aromatic rings. The summed E-state index contributed by atoms with van der Waals surface area (Å²) in [6, 6.07) is 0. The van der Waals surface area contributed by atoms with Crippen molar-refractivity contribution in [1.82, 2.24) is 0 Å². The van der Waals surface area contributed by atoms with Gasteiger partial charge in [0.25, 0.3) is 0 Å². The molecule has 1 heteroatoms. The van der Waals surface area contributed by atoms with E-state index in [1.165, 1.54) is 25.7 Å². The first-order valence-corrected chi connectivity index (χ1v) is 5.61. The van der Waals surface area contributed by atoms with Gasteiger partial charge < -0.3 is 0 Å². The number of halogens is 1. The molecule has 0 aliphatic rings. The Morgan fingerprint density at radius 3 is 1.70 bits per heavy atom. The fraction of sp³-hybridized carbons (Fsp3) is 1.00. The largest absolute Gasteiger partial charge is 0.0826 e. The van der Waals surface area contributed by atoms with Gasteiger partial charge in [-0.1, -0.05) is 56.2 Å². The lowest BCUT2D eigenvalue weighted by atomic mass is 9.96. The molecule has 0 bridgehead atoms. The Labute approximate surface area is 78.9 Å². The topological polar surface area (TPSA) is 0 Å². The van der Waals surface area contributed by atoms with Gasteiger partial charge in [0.1, 0.15) is 0 Å². The molecule has 10 heavy (non-hydrogen) atoms. The predicted molar refractivity (Wildman–Crippen MR) is 56.8 cm³/mol. The van der Waals surface area contributed by atoms with Gasteiger partial charge in [-0.05, 0) is 18.8 Å². The maximum atomic E-state index is 2.55. The molecule has 0 radical (unpaired) electrons. The van der Waals surface area contributed by atoms with Gasteiger partial charge in [0, 0.05) is 3.92 Å². The summed E-state index contributed by atoms with van der Waals surface area (Å²) < 4.78 is 0.859. The van der Waals surface area contributed by atoms with Crippen LogP contribution in [-0.2, 0) is 0 Å². The van der Waals surface area contributed by atoms with E-state index in [9.17, 15) is 0 Å². The maximum absolute atomic E-state index is 2.55. The lowest BCUT2D eigenvalue weighted by Crippen LogP contribution is -2.09. The van der Waals surface area contributed by atoms with Crippen LogP contribution in [0.25, 0.3) is 0 Å². The molecular formula is C9H19I. The monoisotopic (exact) mass is 254 g/mol. The highest BCUT2D eigenvalue weighted by molar-refractivity contribution is 14.1. The van der Waals surface area contributed by atoms with Crippen molar-refractivity contribution in [3.8, 4) is 0 Å². The third-order valence-electron chi connectivity index (χ3n) is 1.97. The van der Waals surface area contributed by atoms with Crippen LogP contribution in [0, 0.1) is 5.92 Å². The summed E-state index contributed by atoms with van der Waals surface area (Å²) in [5.74, 6) is 0.968. The summed E-state index contributed by atoms with van der Waals surface area (Å²) in [7, 11) is 0. The van der Waals surface area contributed by atoms with E-state index in [4.69, 9.17) is 0 Å². The Balaban J connectivity index is 3.50. The molecule has 0 spiro atoms. The summed E-state index contributed by atoms with van der Waals surface area (Å²) in [5, 5.41) is 0. The molecule has 0 heterocycles. The van der Waals surface area contributed by atoms with Crippen molar-refractivity contribution in [2.45, 2.75) is 50.4 Å². The van der Waals surface area contributed by atoms with E-state index in [1.807, 2.05) is 0 Å². The van der Waals surface area contributed by atoms with Crippen molar-refractivity contribution in [2.75, 3.05) is 0 Å². The predicted octanol–water partition coefficient (Wildman–Crippen LogP) is 4.03. The average Bonchev–Trinajstić information content (AvgIpc) is 1.87. The molecule has 0 saturated heterocycles. The van der Waals surface area contributed by atoms with Crippen LogP contribution in [0.2, 0.25) is 0 Å². The second-order valence-corrected chi connectivity index (χ2v) is 4.98. The molecule has 0 saturated carbocycles. The first-order valence-electron chi connectivity index (χ1n) is 4.36. The molecule has 0 aromatic heterocycles. The molecule has 0 nitrogen and oxygen atoms in total. The molecule has 0 aliphatic carbocycles. The third-order valence-corrected chi connectivity index (χ3v) is 2.99. The minimum atomic E-state index is 0.859. The smallest absolute Gasteiger partial charge is 0.0110 e. The van der Waals surface area contributed by atoms with Crippen molar-refractivity contribution in [1.29, 1.82) is 0 Å². The number of alkyl halides is 1. The summed E-state index contributed by atoms with van der Waals surface area (Å²) >= 11 is 2.55. The molecule has 0 fully saturated rings. The highest BCUT2D eigenvalue weighted by Gasteiger charge is 2.11. The Morgan fingerprint density at radius 1 is 1.10 bits per heavy atom. The molecule has 1 unspecified atom stereocenters. The summed E-state index contributed by atoms with van der Waals surface area (Å²) in [4.78, 5) is 0. The molecular weight excluding hydrogens is 235 g/mol. The van der Waals surface area contributed by atoms with Crippen LogP contribution in [0.15, 0.2) is 0 Å². The number of hydrogen-bond acceptors (Lipinski definition) is 0. The number of rotatable bonds is 5. The number of hydrogen-bond donors (Lipinski definition) is 0. The first-order chi connectivity index (χ1) is 4.72. The molecule has 62 valence electrons. The van der Waals surface area contributed by atoms with Gasteiger partial charge in [-0.25, -0.2) is 0 Å². The van der Waals surface area contributed by atoms with Crippen LogP contribution in [0.5, 0.6) is 0 Å². The lowest BCUT2D eigenvalue weighted by Gasteiger charge is -2.17. The summed E-state index contributed by atoms with van der Waals surface area (Å²) in [6.07, 6.45) is 5.52. The SMILES string of the molecule is CCCC(CCC)C(C)I. The minimum Gasteiger partial charge on any atom is -0.0826 e. The highest BCUT2D eigenvalue weighted by Crippen LogP contribution is 2.22. The highest BCUT2D eigenvalue weighted by atomic mass is 127. The van der Waals surface area contributed by atoms with E-state index in [2.05, 4.69) is 43.4 Å². The third kappa shape index (κ3) is 4.53. The van der Waals surface area contributed by atoms with E-state index in [-0.39, 0.29) is 0 Å². The average molecular weight is 254 g/mol. The molecule has 0 aliphatic heterocycles. The van der Waals surface area contributed by atoms with Crippen LogP contribution in [-0.4, -0.2) is 3.92 Å².